The first-order valence-electron chi connectivity index (χ1n) is 3.67. The van der Waals surface area contributed by atoms with Crippen LogP contribution in [0.3, 0.4) is 0 Å². The van der Waals surface area contributed by atoms with Crippen molar-refractivity contribution in [3.05, 3.63) is 34.6 Å². The van der Waals surface area contributed by atoms with Crippen LogP contribution >= 0.6 is 0 Å². The minimum atomic E-state index is -1.50. The standard InChI is InChI=1S/C9H6FNO3/c10-7-2-1-5(3-11)6(4-12)8(7)9(13)14/h1-2,12H,4H2,(H,13,14). The molecular weight excluding hydrogens is 189 g/mol. The number of rotatable bonds is 2. The summed E-state index contributed by atoms with van der Waals surface area (Å²) < 4.78 is 13.0. The lowest BCUT2D eigenvalue weighted by atomic mass is 10.0. The number of hydrogen-bond donors (Lipinski definition) is 2. The number of nitrogens with zero attached hydrogens (tertiary/aromatic N) is 1. The van der Waals surface area contributed by atoms with Crippen LogP contribution < -0.4 is 0 Å². The molecule has 0 amide bonds. The minimum Gasteiger partial charge on any atom is -0.478 e. The highest BCUT2D eigenvalue weighted by molar-refractivity contribution is 5.90. The molecule has 0 aliphatic heterocycles. The Morgan fingerprint density at radius 3 is 2.64 bits per heavy atom. The van der Waals surface area contributed by atoms with Crippen molar-refractivity contribution in [3.63, 3.8) is 0 Å². The normalized spacial score (nSPS) is 9.50. The summed E-state index contributed by atoms with van der Waals surface area (Å²) in [4.78, 5) is 10.6. The van der Waals surface area contributed by atoms with Crippen LogP contribution in [0, 0.1) is 17.1 Å². The number of halogens is 1. The average Bonchev–Trinajstić information content (AvgIpc) is 2.16. The summed E-state index contributed by atoms with van der Waals surface area (Å²) in [5.74, 6) is -2.45. The molecular formula is C9H6FNO3. The number of aliphatic hydroxyl groups is 1. The lowest BCUT2D eigenvalue weighted by molar-refractivity contribution is 0.0688. The van der Waals surface area contributed by atoms with Crippen LogP contribution in [-0.2, 0) is 6.61 Å². The predicted octanol–water partition coefficient (Wildman–Crippen LogP) is 0.888. The van der Waals surface area contributed by atoms with E-state index in [1.165, 1.54) is 0 Å². The van der Waals surface area contributed by atoms with Crippen LogP contribution in [0.25, 0.3) is 0 Å². The molecule has 0 spiro atoms. The van der Waals surface area contributed by atoms with E-state index in [1.807, 2.05) is 0 Å². The second-order valence-electron chi connectivity index (χ2n) is 2.52. The number of aromatic carboxylic acids is 1. The monoisotopic (exact) mass is 195 g/mol. The second kappa shape index (κ2) is 3.85. The predicted molar refractivity (Wildman–Crippen MR) is 44.0 cm³/mol. The Labute approximate surface area is 78.8 Å². The molecule has 0 unspecified atom stereocenters. The third-order valence-electron chi connectivity index (χ3n) is 1.75. The van der Waals surface area contributed by atoms with Crippen molar-refractivity contribution in [2.24, 2.45) is 0 Å². The molecule has 0 fully saturated rings. The van der Waals surface area contributed by atoms with Gasteiger partial charge in [0, 0.05) is 5.56 Å². The van der Waals surface area contributed by atoms with E-state index >= 15 is 0 Å². The summed E-state index contributed by atoms with van der Waals surface area (Å²) in [6.45, 7) is -0.678. The summed E-state index contributed by atoms with van der Waals surface area (Å²) in [7, 11) is 0. The number of carboxylic acid groups (broad SMARTS) is 1. The van der Waals surface area contributed by atoms with E-state index in [4.69, 9.17) is 15.5 Å². The molecule has 0 radical (unpaired) electrons. The Bertz CT molecular complexity index is 423. The zero-order valence-electron chi connectivity index (χ0n) is 6.99. The number of hydrogen-bond acceptors (Lipinski definition) is 3. The van der Waals surface area contributed by atoms with Gasteiger partial charge in [0.25, 0.3) is 0 Å². The fourth-order valence-electron chi connectivity index (χ4n) is 1.12. The van der Waals surface area contributed by atoms with E-state index in [-0.39, 0.29) is 11.1 Å². The van der Waals surface area contributed by atoms with Crippen molar-refractivity contribution in [1.29, 1.82) is 5.26 Å². The molecule has 0 saturated heterocycles. The van der Waals surface area contributed by atoms with Crippen LogP contribution in [0.2, 0.25) is 0 Å². The van der Waals surface area contributed by atoms with E-state index in [1.54, 1.807) is 6.07 Å². The molecule has 72 valence electrons. The zero-order valence-corrected chi connectivity index (χ0v) is 6.99. The molecule has 1 aromatic rings. The topological polar surface area (TPSA) is 81.3 Å². The molecule has 0 heterocycles. The van der Waals surface area contributed by atoms with E-state index in [2.05, 4.69) is 0 Å². The first kappa shape index (κ1) is 10.2. The fraction of sp³-hybridized carbons (Fsp3) is 0.111. The van der Waals surface area contributed by atoms with Gasteiger partial charge in [0.15, 0.2) is 0 Å². The Morgan fingerprint density at radius 2 is 2.21 bits per heavy atom. The number of aliphatic hydroxyl groups excluding tert-OH is 1. The van der Waals surface area contributed by atoms with Crippen molar-refractivity contribution < 1.29 is 19.4 Å². The molecule has 0 atom stereocenters. The smallest absolute Gasteiger partial charge is 0.339 e. The zero-order chi connectivity index (χ0) is 10.7. The molecule has 1 aromatic carbocycles. The SMILES string of the molecule is N#Cc1ccc(F)c(C(=O)O)c1CO. The summed E-state index contributed by atoms with van der Waals surface area (Å²) in [5, 5.41) is 26.0. The van der Waals surface area contributed by atoms with Gasteiger partial charge in [0.1, 0.15) is 11.4 Å². The lowest BCUT2D eigenvalue weighted by Crippen LogP contribution is -2.08. The highest BCUT2D eigenvalue weighted by Gasteiger charge is 2.18. The Balaban J connectivity index is 3.53. The summed E-state index contributed by atoms with van der Waals surface area (Å²) in [6.07, 6.45) is 0. The number of nitriles is 1. The number of carbonyl (C=O) groups is 1. The maximum Gasteiger partial charge on any atom is 0.339 e. The van der Waals surface area contributed by atoms with Gasteiger partial charge >= 0.3 is 5.97 Å². The quantitative estimate of drug-likeness (QED) is 0.734. The minimum absolute atomic E-state index is 0.0358. The van der Waals surface area contributed by atoms with Crippen LogP contribution in [-0.4, -0.2) is 16.2 Å². The van der Waals surface area contributed by atoms with Gasteiger partial charge in [-0.25, -0.2) is 9.18 Å². The lowest BCUT2D eigenvalue weighted by Gasteiger charge is -2.05. The number of benzene rings is 1. The summed E-state index contributed by atoms with van der Waals surface area (Å²) in [6, 6.07) is 3.70. The van der Waals surface area contributed by atoms with Crippen molar-refractivity contribution in [1.82, 2.24) is 0 Å². The van der Waals surface area contributed by atoms with E-state index in [0.717, 1.165) is 12.1 Å². The highest BCUT2D eigenvalue weighted by Crippen LogP contribution is 2.18. The van der Waals surface area contributed by atoms with Gasteiger partial charge in [-0.05, 0) is 12.1 Å². The van der Waals surface area contributed by atoms with Crippen LogP contribution in [0.5, 0.6) is 0 Å². The molecule has 4 nitrogen and oxygen atoms in total. The van der Waals surface area contributed by atoms with E-state index < -0.39 is 24.0 Å². The molecule has 2 N–H and O–H groups in total. The van der Waals surface area contributed by atoms with Crippen LogP contribution in [0.15, 0.2) is 12.1 Å². The largest absolute Gasteiger partial charge is 0.478 e. The molecule has 0 aliphatic rings. The maximum atomic E-state index is 13.0. The third kappa shape index (κ3) is 1.56. The van der Waals surface area contributed by atoms with Crippen molar-refractivity contribution in [3.8, 4) is 6.07 Å². The Morgan fingerprint density at radius 1 is 1.57 bits per heavy atom. The van der Waals surface area contributed by atoms with Crippen LogP contribution in [0.1, 0.15) is 21.5 Å². The Kier molecular flexibility index (Phi) is 2.79. The molecule has 1 rings (SSSR count). The van der Waals surface area contributed by atoms with Gasteiger partial charge in [-0.3, -0.25) is 0 Å². The highest BCUT2D eigenvalue weighted by atomic mass is 19.1. The first-order valence-corrected chi connectivity index (χ1v) is 3.67. The van der Waals surface area contributed by atoms with E-state index in [9.17, 15) is 9.18 Å². The molecule has 5 heteroatoms. The van der Waals surface area contributed by atoms with Crippen molar-refractivity contribution in [2.75, 3.05) is 0 Å². The van der Waals surface area contributed by atoms with Gasteiger partial charge in [-0.1, -0.05) is 0 Å². The fourth-order valence-corrected chi connectivity index (χ4v) is 1.12. The molecule has 0 aliphatic carbocycles. The molecule has 0 saturated carbocycles. The van der Waals surface area contributed by atoms with Crippen molar-refractivity contribution >= 4 is 5.97 Å². The third-order valence-corrected chi connectivity index (χ3v) is 1.75. The van der Waals surface area contributed by atoms with Gasteiger partial charge in [0.2, 0.25) is 0 Å². The first-order chi connectivity index (χ1) is 6.61. The van der Waals surface area contributed by atoms with Crippen molar-refractivity contribution in [2.45, 2.75) is 6.61 Å². The molecule has 0 aromatic heterocycles. The summed E-state index contributed by atoms with van der Waals surface area (Å²) >= 11 is 0. The molecule has 14 heavy (non-hydrogen) atoms. The maximum absolute atomic E-state index is 13.0. The average molecular weight is 195 g/mol. The van der Waals surface area contributed by atoms with Gasteiger partial charge in [-0.2, -0.15) is 5.26 Å². The van der Waals surface area contributed by atoms with E-state index in [0.29, 0.717) is 0 Å². The molecule has 0 bridgehead atoms. The Hall–Kier alpha value is -1.93. The second-order valence-corrected chi connectivity index (χ2v) is 2.52. The van der Waals surface area contributed by atoms with Gasteiger partial charge in [-0.15, -0.1) is 0 Å². The number of carboxylic acids is 1. The van der Waals surface area contributed by atoms with Gasteiger partial charge in [0.05, 0.1) is 18.2 Å². The van der Waals surface area contributed by atoms with Crippen LogP contribution in [0.4, 0.5) is 4.39 Å². The summed E-state index contributed by atoms with van der Waals surface area (Å²) in [5.41, 5.74) is -0.877. The van der Waals surface area contributed by atoms with Gasteiger partial charge < -0.3 is 10.2 Å².